The number of imide groups is 1. The number of nitrogens with one attached hydrogen (secondary N) is 3. The van der Waals surface area contributed by atoms with Crippen molar-refractivity contribution in [3.8, 4) is 16.9 Å². The monoisotopic (exact) mass is 637 g/mol. The van der Waals surface area contributed by atoms with E-state index in [-0.39, 0.29) is 17.2 Å². The molecule has 0 bridgehead atoms. The predicted molar refractivity (Wildman–Crippen MR) is 183 cm³/mol. The number of hydrogen-bond acceptors (Lipinski definition) is 6. The third-order valence-corrected chi connectivity index (χ3v) is 8.96. The van der Waals surface area contributed by atoms with Crippen molar-refractivity contribution in [3.63, 3.8) is 0 Å². The Kier molecular flexibility index (Phi) is 8.96. The molecule has 2 heterocycles. The first kappa shape index (κ1) is 31.1. The molecule has 5 aromatic rings. The lowest BCUT2D eigenvalue weighted by Gasteiger charge is -2.18. The van der Waals surface area contributed by atoms with E-state index in [4.69, 9.17) is 11.6 Å². The van der Waals surface area contributed by atoms with Crippen LogP contribution in [0.3, 0.4) is 0 Å². The fourth-order valence-corrected chi connectivity index (χ4v) is 6.48. The largest absolute Gasteiger partial charge is 0.508 e. The van der Waals surface area contributed by atoms with Crippen LogP contribution in [-0.2, 0) is 6.54 Å². The average Bonchev–Trinajstić information content (AvgIpc) is 3.53. The van der Waals surface area contributed by atoms with Crippen molar-refractivity contribution in [1.82, 2.24) is 20.1 Å². The van der Waals surface area contributed by atoms with Crippen LogP contribution in [0.4, 0.5) is 5.69 Å². The molecule has 9 nitrogen and oxygen atoms in total. The number of aryl methyl sites for hydroxylation is 1. The molecule has 6 rings (SSSR count). The van der Waals surface area contributed by atoms with Gasteiger partial charge in [-0.1, -0.05) is 43.6 Å². The number of phenolic OH excluding ortho intramolecular Hbond substituents is 1. The van der Waals surface area contributed by atoms with Gasteiger partial charge in [-0.15, -0.1) is 0 Å². The Balaban J connectivity index is 1.24. The Morgan fingerprint density at radius 2 is 1.63 bits per heavy atom. The molecule has 1 aromatic heterocycles. The maximum absolute atomic E-state index is 13.2. The van der Waals surface area contributed by atoms with Crippen LogP contribution in [0.15, 0.2) is 72.8 Å². The minimum Gasteiger partial charge on any atom is -0.508 e. The number of aromatic hydroxyl groups is 1. The number of phenols is 1. The quantitative estimate of drug-likeness (QED) is 0.0946. The van der Waals surface area contributed by atoms with Crippen molar-refractivity contribution in [3.05, 3.63) is 94.5 Å². The number of likely N-dealkylation sites (N-methyl/N-ethyl adjacent to an activating group) is 1. The van der Waals surface area contributed by atoms with E-state index >= 15 is 0 Å². The van der Waals surface area contributed by atoms with E-state index in [1.807, 2.05) is 54.6 Å². The van der Waals surface area contributed by atoms with E-state index < -0.39 is 11.8 Å². The molecule has 0 spiro atoms. The van der Waals surface area contributed by atoms with E-state index in [1.54, 1.807) is 18.2 Å². The third kappa shape index (κ3) is 5.91. The fraction of sp³-hybridized carbons (Fsp3) is 0.250. The van der Waals surface area contributed by atoms with Gasteiger partial charge in [0, 0.05) is 64.3 Å². The molecule has 4 N–H and O–H groups in total. The molecule has 10 heteroatoms. The first-order chi connectivity index (χ1) is 22.3. The van der Waals surface area contributed by atoms with Crippen LogP contribution in [0.1, 0.15) is 51.3 Å². The molecular formula is C36H36ClN5O4. The summed E-state index contributed by atoms with van der Waals surface area (Å²) < 4.78 is 2.12. The first-order valence-electron chi connectivity index (χ1n) is 15.6. The van der Waals surface area contributed by atoms with Gasteiger partial charge in [0.15, 0.2) is 0 Å². The van der Waals surface area contributed by atoms with Crippen LogP contribution in [-0.4, -0.2) is 65.0 Å². The summed E-state index contributed by atoms with van der Waals surface area (Å²) in [5.41, 5.74) is 4.96. The zero-order valence-corrected chi connectivity index (χ0v) is 26.6. The summed E-state index contributed by atoms with van der Waals surface area (Å²) in [7, 11) is 0. The Morgan fingerprint density at radius 3 is 2.37 bits per heavy atom. The molecule has 0 atom stereocenters. The van der Waals surface area contributed by atoms with Crippen LogP contribution in [0, 0.1) is 0 Å². The van der Waals surface area contributed by atoms with Gasteiger partial charge in [0.25, 0.3) is 17.7 Å². The second-order valence-electron chi connectivity index (χ2n) is 11.3. The summed E-state index contributed by atoms with van der Waals surface area (Å²) >= 11 is 6.58. The Labute approximate surface area is 272 Å². The highest BCUT2D eigenvalue weighted by Gasteiger charge is 2.35. The first-order valence-corrected chi connectivity index (χ1v) is 16.0. The van der Waals surface area contributed by atoms with Gasteiger partial charge in [0.1, 0.15) is 5.75 Å². The molecule has 0 saturated carbocycles. The molecule has 0 aliphatic carbocycles. The highest BCUT2D eigenvalue weighted by molar-refractivity contribution is 6.36. The van der Waals surface area contributed by atoms with Gasteiger partial charge in [0.2, 0.25) is 0 Å². The van der Waals surface area contributed by atoms with Gasteiger partial charge in [-0.25, -0.2) is 0 Å². The second-order valence-corrected chi connectivity index (χ2v) is 11.7. The van der Waals surface area contributed by atoms with Gasteiger partial charge in [-0.2, -0.15) is 0 Å². The van der Waals surface area contributed by atoms with Gasteiger partial charge < -0.3 is 25.2 Å². The summed E-state index contributed by atoms with van der Waals surface area (Å²) in [5.74, 6) is -0.953. The molecular weight excluding hydrogens is 602 g/mol. The molecule has 1 aliphatic rings. The number of rotatable bonds is 12. The highest BCUT2D eigenvalue weighted by atomic mass is 35.5. The van der Waals surface area contributed by atoms with E-state index in [0.717, 1.165) is 42.8 Å². The normalized spacial score (nSPS) is 12.6. The predicted octanol–water partition coefficient (Wildman–Crippen LogP) is 6.28. The minimum absolute atomic E-state index is 0.0721. The molecule has 3 amide bonds. The molecule has 4 aromatic carbocycles. The van der Waals surface area contributed by atoms with Crippen molar-refractivity contribution in [2.45, 2.75) is 26.8 Å². The summed E-state index contributed by atoms with van der Waals surface area (Å²) in [6, 6.07) is 21.7. The van der Waals surface area contributed by atoms with Crippen molar-refractivity contribution < 1.29 is 19.5 Å². The number of halogens is 1. The van der Waals surface area contributed by atoms with E-state index in [0.29, 0.717) is 57.7 Å². The standard InChI is InChI=1S/C36H36ClN5O4/c1-3-41(4-2)19-17-39-34(44)22-10-12-23(13-11-22)38-16-7-18-42-29-15-14-24(43)20-27(29)31-30(42)21-26(25-8-5-6-9-28(25)37)32-33(31)36(46)40-35(32)45/h5-6,8-15,20-21,38,43H,3-4,7,16-19H2,1-2H3,(H,39,44)(H,40,45,46). The van der Waals surface area contributed by atoms with E-state index in [1.165, 1.54) is 0 Å². The van der Waals surface area contributed by atoms with Crippen LogP contribution < -0.4 is 16.0 Å². The SMILES string of the molecule is CCN(CC)CCNC(=O)c1ccc(NCCCn2c3ccc(O)cc3c3c4c(c(-c5ccccc5Cl)cc32)C(=O)NC4=O)cc1. The lowest BCUT2D eigenvalue weighted by atomic mass is 9.93. The number of anilines is 1. The number of amides is 3. The average molecular weight is 638 g/mol. The van der Waals surface area contributed by atoms with Crippen LogP contribution in [0.25, 0.3) is 32.9 Å². The topological polar surface area (TPSA) is 116 Å². The molecule has 0 fully saturated rings. The van der Waals surface area contributed by atoms with Crippen LogP contribution in [0.5, 0.6) is 5.75 Å². The third-order valence-electron chi connectivity index (χ3n) is 8.63. The molecule has 236 valence electrons. The van der Waals surface area contributed by atoms with Crippen molar-refractivity contribution in [1.29, 1.82) is 0 Å². The molecule has 1 aliphatic heterocycles. The van der Waals surface area contributed by atoms with Gasteiger partial charge in [-0.05, 0) is 79.7 Å². The van der Waals surface area contributed by atoms with E-state index in [9.17, 15) is 19.5 Å². The highest BCUT2D eigenvalue weighted by Crippen LogP contribution is 2.42. The zero-order valence-electron chi connectivity index (χ0n) is 25.8. The van der Waals surface area contributed by atoms with Gasteiger partial charge >= 0.3 is 0 Å². The second kappa shape index (κ2) is 13.2. The number of fused-ring (bicyclic) bond motifs is 5. The maximum atomic E-state index is 13.2. The number of nitrogens with zero attached hydrogens (tertiary/aromatic N) is 2. The van der Waals surface area contributed by atoms with Crippen molar-refractivity contribution >= 4 is 56.8 Å². The Hall–Kier alpha value is -4.86. The summed E-state index contributed by atoms with van der Waals surface area (Å²) in [5, 5.41) is 21.1. The van der Waals surface area contributed by atoms with Gasteiger partial charge in [-0.3, -0.25) is 19.7 Å². The lowest BCUT2D eigenvalue weighted by molar-refractivity contribution is 0.0878. The number of hydrogen-bond donors (Lipinski definition) is 4. The maximum Gasteiger partial charge on any atom is 0.259 e. The molecule has 0 saturated heterocycles. The number of carbonyl (C=O) groups is 3. The molecule has 0 unspecified atom stereocenters. The molecule has 0 radical (unpaired) electrons. The van der Waals surface area contributed by atoms with E-state index in [2.05, 4.69) is 39.3 Å². The summed E-state index contributed by atoms with van der Waals surface area (Å²) in [6.07, 6.45) is 0.733. The lowest BCUT2D eigenvalue weighted by Crippen LogP contribution is -2.34. The fourth-order valence-electron chi connectivity index (χ4n) is 6.25. The smallest absolute Gasteiger partial charge is 0.259 e. The number of aromatic nitrogens is 1. The van der Waals surface area contributed by atoms with Crippen molar-refractivity contribution in [2.24, 2.45) is 0 Å². The summed E-state index contributed by atoms with van der Waals surface area (Å²) in [4.78, 5) is 41.1. The molecule has 46 heavy (non-hydrogen) atoms. The Bertz CT molecular complexity index is 1960. The number of carbonyl (C=O) groups excluding carboxylic acids is 3. The van der Waals surface area contributed by atoms with Crippen LogP contribution >= 0.6 is 11.6 Å². The zero-order chi connectivity index (χ0) is 32.4. The van der Waals surface area contributed by atoms with Crippen molar-refractivity contribution in [2.75, 3.05) is 38.0 Å². The Morgan fingerprint density at radius 1 is 0.891 bits per heavy atom. The van der Waals surface area contributed by atoms with Crippen LogP contribution in [0.2, 0.25) is 5.02 Å². The minimum atomic E-state index is -0.469. The van der Waals surface area contributed by atoms with Gasteiger partial charge in [0.05, 0.1) is 16.6 Å². The number of benzene rings is 4. The summed E-state index contributed by atoms with van der Waals surface area (Å²) in [6.45, 7) is 8.80.